The average Bonchev–Trinajstić information content (AvgIpc) is 3.44. The Balaban J connectivity index is 1.84. The van der Waals surface area contributed by atoms with Crippen LogP contribution in [0.4, 0.5) is 17.6 Å². The molecule has 6 nitrogen and oxygen atoms in total. The van der Waals surface area contributed by atoms with Crippen molar-refractivity contribution in [3.63, 3.8) is 0 Å². The number of nitrogens with zero attached hydrogens (tertiary/aromatic N) is 2. The number of amides is 1. The van der Waals surface area contributed by atoms with Gasteiger partial charge >= 0.3 is 6.36 Å². The van der Waals surface area contributed by atoms with Gasteiger partial charge in [0, 0.05) is 12.1 Å². The van der Waals surface area contributed by atoms with Gasteiger partial charge in [-0.1, -0.05) is 6.07 Å². The van der Waals surface area contributed by atoms with Gasteiger partial charge in [-0.25, -0.2) is 9.37 Å². The summed E-state index contributed by atoms with van der Waals surface area (Å²) < 4.78 is 54.7. The summed E-state index contributed by atoms with van der Waals surface area (Å²) in [6, 6.07) is 1.57. The van der Waals surface area contributed by atoms with E-state index in [4.69, 9.17) is 0 Å². The molecule has 29 heavy (non-hydrogen) atoms. The number of aliphatic hydroxyl groups is 1. The summed E-state index contributed by atoms with van der Waals surface area (Å²) in [6.07, 6.45) is -0.257. The minimum atomic E-state index is -5.04. The predicted molar refractivity (Wildman–Crippen MR) is 93.6 cm³/mol. The van der Waals surface area contributed by atoms with Gasteiger partial charge < -0.3 is 15.2 Å². The van der Waals surface area contributed by atoms with Crippen molar-refractivity contribution in [1.82, 2.24) is 15.3 Å². The first-order chi connectivity index (χ1) is 13.4. The first-order valence-corrected chi connectivity index (χ1v) is 8.84. The highest BCUT2D eigenvalue weighted by Crippen LogP contribution is 2.38. The third-order valence-corrected chi connectivity index (χ3v) is 4.38. The summed E-state index contributed by atoms with van der Waals surface area (Å²) in [7, 11) is 0. The number of carbonyl (C=O) groups is 1. The number of alkyl halides is 3. The van der Waals surface area contributed by atoms with Crippen LogP contribution in [0.1, 0.15) is 60.4 Å². The molecule has 1 amide bonds. The van der Waals surface area contributed by atoms with Gasteiger partial charge in [-0.2, -0.15) is 0 Å². The van der Waals surface area contributed by atoms with Crippen LogP contribution < -0.4 is 10.1 Å². The largest absolute Gasteiger partial charge is 0.573 e. The number of rotatable bonds is 6. The molecule has 0 radical (unpaired) electrons. The zero-order valence-electron chi connectivity index (χ0n) is 15.6. The Morgan fingerprint density at radius 1 is 1.28 bits per heavy atom. The maximum atomic E-state index is 14.1. The molecule has 1 aliphatic carbocycles. The monoisotopic (exact) mass is 413 g/mol. The van der Waals surface area contributed by atoms with Crippen molar-refractivity contribution in [2.24, 2.45) is 0 Å². The van der Waals surface area contributed by atoms with Crippen molar-refractivity contribution < 1.29 is 32.2 Å². The number of hydrogen-bond donors (Lipinski definition) is 2. The quantitative estimate of drug-likeness (QED) is 0.707. The zero-order chi connectivity index (χ0) is 21.4. The molecule has 0 unspecified atom stereocenters. The minimum Gasteiger partial charge on any atom is -0.403 e. The third-order valence-electron chi connectivity index (χ3n) is 4.38. The smallest absolute Gasteiger partial charge is 0.403 e. The summed E-state index contributed by atoms with van der Waals surface area (Å²) in [4.78, 5) is 20.9. The molecule has 2 N–H and O–H groups in total. The van der Waals surface area contributed by atoms with Crippen molar-refractivity contribution in [3.05, 3.63) is 53.4 Å². The molecule has 0 bridgehead atoms. The van der Waals surface area contributed by atoms with Crippen molar-refractivity contribution in [1.29, 1.82) is 0 Å². The Bertz CT molecular complexity index is 908. The number of aromatic nitrogens is 2. The van der Waals surface area contributed by atoms with Crippen LogP contribution in [0.2, 0.25) is 0 Å². The lowest BCUT2D eigenvalue weighted by molar-refractivity contribution is -0.275. The summed E-state index contributed by atoms with van der Waals surface area (Å²) in [6.45, 7) is 2.75. The highest BCUT2D eigenvalue weighted by atomic mass is 19.4. The molecule has 0 saturated heterocycles. The van der Waals surface area contributed by atoms with E-state index in [9.17, 15) is 27.5 Å². The molecule has 1 aliphatic rings. The van der Waals surface area contributed by atoms with Gasteiger partial charge in [0.05, 0.1) is 23.5 Å². The van der Waals surface area contributed by atoms with E-state index in [0.29, 0.717) is 5.69 Å². The Labute approximate surface area is 163 Å². The Hall–Kier alpha value is -2.75. The molecule has 2 aromatic rings. The molecule has 1 aromatic heterocycles. The molecule has 10 heteroatoms. The number of hydrogen-bond acceptors (Lipinski definition) is 5. The summed E-state index contributed by atoms with van der Waals surface area (Å²) in [5.41, 5.74) is -0.779. The Kier molecular flexibility index (Phi) is 5.48. The maximum absolute atomic E-state index is 14.1. The fourth-order valence-corrected chi connectivity index (χ4v) is 2.84. The van der Waals surface area contributed by atoms with E-state index in [2.05, 4.69) is 20.0 Å². The number of halogens is 4. The molecule has 156 valence electrons. The number of ether oxygens (including phenoxy) is 1. The fraction of sp³-hybridized carbons (Fsp3) is 0.421. The van der Waals surface area contributed by atoms with Gasteiger partial charge in [0.1, 0.15) is 5.69 Å². The third kappa shape index (κ3) is 5.41. The number of nitrogens with one attached hydrogen (secondary N) is 1. The van der Waals surface area contributed by atoms with Crippen LogP contribution in [0.15, 0.2) is 30.6 Å². The lowest BCUT2D eigenvalue weighted by Crippen LogP contribution is -2.42. The molecule has 1 heterocycles. The molecular formula is C19H19F4N3O3. The fourth-order valence-electron chi connectivity index (χ4n) is 2.84. The second-order valence-electron chi connectivity index (χ2n) is 7.40. The van der Waals surface area contributed by atoms with Crippen molar-refractivity contribution >= 4 is 5.91 Å². The van der Waals surface area contributed by atoms with Gasteiger partial charge in [0.25, 0.3) is 5.91 Å². The van der Waals surface area contributed by atoms with Gasteiger partial charge in [-0.05, 0) is 44.4 Å². The second kappa shape index (κ2) is 7.58. The minimum absolute atomic E-state index is 0.0288. The van der Waals surface area contributed by atoms with Gasteiger partial charge in [0.2, 0.25) is 0 Å². The predicted octanol–water partition coefficient (Wildman–Crippen LogP) is 3.63. The molecular weight excluding hydrogens is 394 g/mol. The molecule has 1 saturated carbocycles. The lowest BCUT2D eigenvalue weighted by Gasteiger charge is -2.30. The highest BCUT2D eigenvalue weighted by molar-refractivity contribution is 5.92. The van der Waals surface area contributed by atoms with Gasteiger partial charge in [0.15, 0.2) is 11.6 Å². The SMILES string of the molecule is CC(C)(O)[C@@H](NC(=O)c1cncc(C2CC2)n1)c1ccc(OC(F)(F)F)c(F)c1. The van der Waals surface area contributed by atoms with Crippen molar-refractivity contribution in [2.75, 3.05) is 0 Å². The molecule has 1 atom stereocenters. The molecule has 1 fully saturated rings. The Morgan fingerprint density at radius 2 is 1.97 bits per heavy atom. The average molecular weight is 413 g/mol. The van der Waals surface area contributed by atoms with Crippen molar-refractivity contribution in [3.8, 4) is 5.75 Å². The van der Waals surface area contributed by atoms with E-state index >= 15 is 0 Å². The van der Waals surface area contributed by atoms with E-state index in [-0.39, 0.29) is 17.2 Å². The maximum Gasteiger partial charge on any atom is 0.573 e. The standard InChI is InChI=1S/C19H19F4N3O3/c1-18(2,28)16(11-5-6-15(12(20)7-11)29-19(21,22)23)26-17(27)14-9-24-8-13(25-14)10-3-4-10/h5-10,16,28H,3-4H2,1-2H3,(H,26,27)/t16-/m0/s1. The summed E-state index contributed by atoms with van der Waals surface area (Å²) in [5, 5.41) is 13.0. The van der Waals surface area contributed by atoms with Gasteiger partial charge in [-0.15, -0.1) is 13.2 Å². The van der Waals surface area contributed by atoms with Crippen LogP contribution in [0.3, 0.4) is 0 Å². The molecule has 1 aromatic carbocycles. The first-order valence-electron chi connectivity index (χ1n) is 8.84. The topological polar surface area (TPSA) is 84.3 Å². The van der Waals surface area contributed by atoms with E-state index in [1.165, 1.54) is 20.0 Å². The van der Waals surface area contributed by atoms with E-state index in [1.807, 2.05) is 0 Å². The zero-order valence-corrected chi connectivity index (χ0v) is 15.6. The van der Waals surface area contributed by atoms with Crippen LogP contribution in [0.5, 0.6) is 5.75 Å². The van der Waals surface area contributed by atoms with E-state index in [1.54, 1.807) is 6.20 Å². The molecule has 0 spiro atoms. The van der Waals surface area contributed by atoms with Crippen LogP contribution in [0.25, 0.3) is 0 Å². The van der Waals surface area contributed by atoms with E-state index in [0.717, 1.165) is 31.0 Å². The highest BCUT2D eigenvalue weighted by Gasteiger charge is 2.35. The van der Waals surface area contributed by atoms with Crippen LogP contribution in [0, 0.1) is 5.82 Å². The number of benzene rings is 1. The summed E-state index contributed by atoms with van der Waals surface area (Å²) >= 11 is 0. The van der Waals surface area contributed by atoms with Crippen LogP contribution in [-0.2, 0) is 0 Å². The second-order valence-corrected chi connectivity index (χ2v) is 7.40. The molecule has 3 rings (SSSR count). The van der Waals surface area contributed by atoms with Crippen LogP contribution in [-0.4, -0.2) is 32.9 Å². The van der Waals surface area contributed by atoms with Gasteiger partial charge in [-0.3, -0.25) is 9.78 Å². The van der Waals surface area contributed by atoms with Crippen LogP contribution >= 0.6 is 0 Å². The molecule has 0 aliphatic heterocycles. The van der Waals surface area contributed by atoms with Crippen molar-refractivity contribution in [2.45, 2.75) is 50.6 Å². The van der Waals surface area contributed by atoms with E-state index < -0.39 is 35.5 Å². The first kappa shape index (κ1) is 21.0. The normalized spacial score (nSPS) is 15.7. The number of carbonyl (C=O) groups excluding carboxylic acids is 1. The Morgan fingerprint density at radius 3 is 2.52 bits per heavy atom. The summed E-state index contributed by atoms with van der Waals surface area (Å²) in [5.74, 6) is -2.66. The lowest BCUT2D eigenvalue weighted by atomic mass is 9.91.